The van der Waals surface area contributed by atoms with Crippen LogP contribution in [0.5, 0.6) is 11.5 Å². The molecule has 3 aliphatic rings. The van der Waals surface area contributed by atoms with Gasteiger partial charge in [-0.25, -0.2) is 0 Å². The molecule has 0 bridgehead atoms. The molecule has 2 aromatic carbocycles. The molecule has 0 saturated carbocycles. The first kappa shape index (κ1) is 18.0. The lowest BCUT2D eigenvalue weighted by atomic mass is 9.96. The van der Waals surface area contributed by atoms with Crippen molar-refractivity contribution in [2.45, 2.75) is 26.2 Å². The second kappa shape index (κ2) is 7.10. The lowest BCUT2D eigenvalue weighted by molar-refractivity contribution is -0.124. The predicted octanol–water partition coefficient (Wildman–Crippen LogP) is 3.10. The topological polar surface area (TPSA) is 59.1 Å². The van der Waals surface area contributed by atoms with Crippen LogP contribution in [0, 0.1) is 12.8 Å². The van der Waals surface area contributed by atoms with Crippen LogP contribution in [0.4, 0.5) is 11.4 Å². The van der Waals surface area contributed by atoms with Gasteiger partial charge in [0.15, 0.2) is 11.5 Å². The maximum absolute atomic E-state index is 13.4. The van der Waals surface area contributed by atoms with Crippen LogP contribution in [0.3, 0.4) is 0 Å². The Morgan fingerprint density at radius 3 is 2.79 bits per heavy atom. The molecule has 0 spiro atoms. The molecule has 6 nitrogen and oxygen atoms in total. The number of amides is 2. The summed E-state index contributed by atoms with van der Waals surface area (Å²) < 4.78 is 11.2. The zero-order valence-corrected chi connectivity index (χ0v) is 16.5. The molecule has 150 valence electrons. The zero-order chi connectivity index (χ0) is 20.0. The van der Waals surface area contributed by atoms with E-state index in [1.165, 1.54) is 5.56 Å². The number of hydrogen-bond acceptors (Lipinski definition) is 4. The van der Waals surface area contributed by atoms with Crippen molar-refractivity contribution < 1.29 is 19.1 Å². The monoisotopic (exact) mass is 392 g/mol. The summed E-state index contributed by atoms with van der Waals surface area (Å²) in [6.07, 6.45) is 2.19. The molecule has 3 aliphatic heterocycles. The Kier molecular flexibility index (Phi) is 4.42. The van der Waals surface area contributed by atoms with Crippen molar-refractivity contribution in [3.05, 3.63) is 47.5 Å². The lowest BCUT2D eigenvalue weighted by Crippen LogP contribution is -2.41. The standard InChI is InChI=1S/C23H24N2O4/c1-15-4-2-5-16-6-3-9-24(22(15)16)23(27)17-12-21(26)25(14-17)18-7-8-19-20(13-18)29-11-10-28-19/h2,4-5,7-8,13,17H,3,6,9-12,14H2,1H3. The van der Waals surface area contributed by atoms with Crippen molar-refractivity contribution in [1.82, 2.24) is 0 Å². The van der Waals surface area contributed by atoms with Crippen molar-refractivity contribution in [3.8, 4) is 11.5 Å². The number of hydrogen-bond donors (Lipinski definition) is 0. The van der Waals surface area contributed by atoms with Gasteiger partial charge in [-0.2, -0.15) is 0 Å². The Balaban J connectivity index is 1.38. The molecular weight excluding hydrogens is 368 g/mol. The fourth-order valence-electron chi connectivity index (χ4n) is 4.61. The highest BCUT2D eigenvalue weighted by molar-refractivity contribution is 6.05. The number of ether oxygens (including phenoxy) is 2. The van der Waals surface area contributed by atoms with E-state index in [0.29, 0.717) is 37.8 Å². The highest BCUT2D eigenvalue weighted by atomic mass is 16.6. The van der Waals surface area contributed by atoms with Gasteiger partial charge in [-0.1, -0.05) is 18.2 Å². The number of carbonyl (C=O) groups excluding carboxylic acids is 2. The molecular formula is C23H24N2O4. The highest BCUT2D eigenvalue weighted by Gasteiger charge is 2.39. The van der Waals surface area contributed by atoms with E-state index in [1.54, 1.807) is 4.90 Å². The summed E-state index contributed by atoms with van der Waals surface area (Å²) in [5, 5.41) is 0. The van der Waals surface area contributed by atoms with Crippen LogP contribution in [0.15, 0.2) is 36.4 Å². The largest absolute Gasteiger partial charge is 0.486 e. The minimum Gasteiger partial charge on any atom is -0.486 e. The van der Waals surface area contributed by atoms with Crippen molar-refractivity contribution in [3.63, 3.8) is 0 Å². The molecule has 29 heavy (non-hydrogen) atoms. The normalized spacial score (nSPS) is 20.6. The average Bonchev–Trinajstić information content (AvgIpc) is 3.14. The van der Waals surface area contributed by atoms with Crippen molar-refractivity contribution in [1.29, 1.82) is 0 Å². The van der Waals surface area contributed by atoms with E-state index < -0.39 is 0 Å². The van der Waals surface area contributed by atoms with Gasteiger partial charge in [0.1, 0.15) is 13.2 Å². The predicted molar refractivity (Wildman–Crippen MR) is 110 cm³/mol. The Bertz CT molecular complexity index is 987. The van der Waals surface area contributed by atoms with Gasteiger partial charge >= 0.3 is 0 Å². The van der Waals surface area contributed by atoms with Crippen molar-refractivity contribution >= 4 is 23.2 Å². The van der Waals surface area contributed by atoms with Crippen LogP contribution >= 0.6 is 0 Å². The van der Waals surface area contributed by atoms with Crippen LogP contribution in [0.2, 0.25) is 0 Å². The maximum atomic E-state index is 13.4. The van der Waals surface area contributed by atoms with Gasteiger partial charge < -0.3 is 19.3 Å². The number of anilines is 2. The lowest BCUT2D eigenvalue weighted by Gasteiger charge is -2.32. The summed E-state index contributed by atoms with van der Waals surface area (Å²) in [4.78, 5) is 29.7. The summed E-state index contributed by atoms with van der Waals surface area (Å²) in [5.74, 6) is 1.04. The third-order valence-electron chi connectivity index (χ3n) is 6.00. The molecule has 1 atom stereocenters. The number of fused-ring (bicyclic) bond motifs is 2. The smallest absolute Gasteiger partial charge is 0.232 e. The summed E-state index contributed by atoms with van der Waals surface area (Å²) in [6.45, 7) is 4.19. The summed E-state index contributed by atoms with van der Waals surface area (Å²) in [7, 11) is 0. The Hall–Kier alpha value is -3.02. The fourth-order valence-corrected chi connectivity index (χ4v) is 4.61. The maximum Gasteiger partial charge on any atom is 0.232 e. The fraction of sp³-hybridized carbons (Fsp3) is 0.391. The van der Waals surface area contributed by atoms with Crippen molar-refractivity contribution in [2.75, 3.05) is 36.1 Å². The van der Waals surface area contributed by atoms with Crippen LogP contribution in [0.1, 0.15) is 24.0 Å². The van der Waals surface area contributed by atoms with E-state index in [2.05, 4.69) is 6.07 Å². The van der Waals surface area contributed by atoms with Crippen LogP contribution in [-0.4, -0.2) is 38.1 Å². The van der Waals surface area contributed by atoms with Gasteiger partial charge in [-0.15, -0.1) is 0 Å². The van der Waals surface area contributed by atoms with Gasteiger partial charge in [-0.05, 0) is 43.0 Å². The van der Waals surface area contributed by atoms with Gasteiger partial charge in [0.05, 0.1) is 5.92 Å². The van der Waals surface area contributed by atoms with E-state index in [0.717, 1.165) is 29.8 Å². The third-order valence-corrected chi connectivity index (χ3v) is 6.00. The van der Waals surface area contributed by atoms with Crippen molar-refractivity contribution in [2.24, 2.45) is 5.92 Å². The number of aryl methyl sites for hydroxylation is 2. The van der Waals surface area contributed by atoms with Gasteiger partial charge in [0, 0.05) is 37.0 Å². The molecule has 1 saturated heterocycles. The molecule has 2 aromatic rings. The molecule has 0 N–H and O–H groups in total. The van der Waals surface area contributed by atoms with Gasteiger partial charge in [0.25, 0.3) is 0 Å². The number of para-hydroxylation sites is 1. The molecule has 1 unspecified atom stereocenters. The minimum absolute atomic E-state index is 0.0259. The van der Waals surface area contributed by atoms with Crippen LogP contribution in [0.25, 0.3) is 0 Å². The van der Waals surface area contributed by atoms with E-state index in [9.17, 15) is 9.59 Å². The molecule has 0 aliphatic carbocycles. The Morgan fingerprint density at radius 1 is 1.10 bits per heavy atom. The van der Waals surface area contributed by atoms with E-state index >= 15 is 0 Å². The summed E-state index contributed by atoms with van der Waals surface area (Å²) in [6, 6.07) is 11.7. The number of benzene rings is 2. The molecule has 0 radical (unpaired) electrons. The van der Waals surface area contributed by atoms with Crippen LogP contribution < -0.4 is 19.3 Å². The molecule has 5 rings (SSSR count). The Labute approximate surface area is 170 Å². The first-order valence-electron chi connectivity index (χ1n) is 10.2. The zero-order valence-electron chi connectivity index (χ0n) is 16.5. The molecule has 1 fully saturated rings. The summed E-state index contributed by atoms with van der Waals surface area (Å²) >= 11 is 0. The van der Waals surface area contributed by atoms with Gasteiger partial charge in [-0.3, -0.25) is 9.59 Å². The first-order valence-corrected chi connectivity index (χ1v) is 10.2. The quantitative estimate of drug-likeness (QED) is 0.788. The van der Waals surface area contributed by atoms with Gasteiger partial charge in [0.2, 0.25) is 11.8 Å². The van der Waals surface area contributed by atoms with E-state index in [4.69, 9.17) is 9.47 Å². The second-order valence-corrected chi connectivity index (χ2v) is 7.91. The minimum atomic E-state index is -0.332. The first-order chi connectivity index (χ1) is 14.1. The third kappa shape index (κ3) is 3.12. The second-order valence-electron chi connectivity index (χ2n) is 7.91. The highest BCUT2D eigenvalue weighted by Crippen LogP contribution is 2.37. The number of rotatable bonds is 2. The molecule has 2 amide bonds. The molecule has 6 heteroatoms. The molecule has 3 heterocycles. The van der Waals surface area contributed by atoms with Crippen LogP contribution in [-0.2, 0) is 16.0 Å². The number of nitrogens with zero attached hydrogens (tertiary/aromatic N) is 2. The average molecular weight is 392 g/mol. The molecule has 0 aromatic heterocycles. The Morgan fingerprint density at radius 2 is 1.93 bits per heavy atom. The SMILES string of the molecule is Cc1cccc2c1N(C(=O)C1CC(=O)N(c3ccc4c(c3)OCCO4)C1)CCC2. The summed E-state index contributed by atoms with van der Waals surface area (Å²) in [5.41, 5.74) is 4.12. The van der Waals surface area contributed by atoms with E-state index in [-0.39, 0.29) is 24.2 Å². The number of carbonyl (C=O) groups is 2. The van der Waals surface area contributed by atoms with E-state index in [1.807, 2.05) is 42.2 Å².